The molecule has 2 aromatic heterocycles. The molecule has 2 atom stereocenters. The predicted molar refractivity (Wildman–Crippen MR) is 146 cm³/mol. The SMILES string of the molecule is COCC(=O)Nc1ccc(N2C(=S)N[C@H](c3ccccn3)[C@@H]2c2ccc(-c3cccc(C(=O)O)c3)o2)cc1. The highest BCUT2D eigenvalue weighted by atomic mass is 32.1. The number of carbonyl (C=O) groups excluding carboxylic acids is 1. The van der Waals surface area contributed by atoms with Gasteiger partial charge in [-0.05, 0) is 72.9 Å². The van der Waals surface area contributed by atoms with Crippen molar-refractivity contribution in [1.82, 2.24) is 10.3 Å². The number of aromatic carboxylic acids is 1. The van der Waals surface area contributed by atoms with Gasteiger partial charge in [-0.3, -0.25) is 9.78 Å². The van der Waals surface area contributed by atoms with Crippen LogP contribution in [0.4, 0.5) is 11.4 Å². The highest BCUT2D eigenvalue weighted by Gasteiger charge is 2.42. The first-order chi connectivity index (χ1) is 18.4. The summed E-state index contributed by atoms with van der Waals surface area (Å²) in [5.74, 6) is -0.0907. The van der Waals surface area contributed by atoms with Gasteiger partial charge in [-0.15, -0.1) is 0 Å². The molecule has 192 valence electrons. The molecule has 0 unspecified atom stereocenters. The monoisotopic (exact) mass is 528 g/mol. The molecule has 3 heterocycles. The lowest BCUT2D eigenvalue weighted by atomic mass is 10.0. The van der Waals surface area contributed by atoms with Crippen molar-refractivity contribution in [3.63, 3.8) is 0 Å². The Kier molecular flexibility index (Phi) is 7.16. The lowest BCUT2D eigenvalue weighted by molar-refractivity contribution is -0.119. The van der Waals surface area contributed by atoms with Gasteiger partial charge < -0.3 is 29.8 Å². The van der Waals surface area contributed by atoms with E-state index in [1.165, 1.54) is 13.2 Å². The second kappa shape index (κ2) is 10.8. The number of nitrogens with zero attached hydrogens (tertiary/aromatic N) is 2. The van der Waals surface area contributed by atoms with Gasteiger partial charge in [0.05, 0.1) is 17.3 Å². The number of carboxylic acids is 1. The Balaban J connectivity index is 1.51. The van der Waals surface area contributed by atoms with E-state index >= 15 is 0 Å². The molecule has 3 N–H and O–H groups in total. The molecule has 0 aliphatic carbocycles. The molecule has 1 aliphatic heterocycles. The van der Waals surface area contributed by atoms with Crippen molar-refractivity contribution in [2.75, 3.05) is 23.9 Å². The average molecular weight is 529 g/mol. The van der Waals surface area contributed by atoms with Crippen LogP contribution in [-0.2, 0) is 9.53 Å². The lowest BCUT2D eigenvalue weighted by Gasteiger charge is -2.26. The van der Waals surface area contributed by atoms with E-state index in [1.54, 1.807) is 36.5 Å². The second-order valence-electron chi connectivity index (χ2n) is 8.61. The molecule has 1 amide bonds. The zero-order valence-corrected chi connectivity index (χ0v) is 21.1. The standard InChI is InChI=1S/C28H24N4O5S/c1-36-16-24(33)30-19-8-10-20(11-9-19)32-26(25(31-28(32)38)21-7-2-3-14-29-21)23-13-12-22(37-23)17-5-4-6-18(15-17)27(34)35/h2-15,25-26H,16H2,1H3,(H,30,33)(H,31,38)(H,34,35)/t25-,26+/m1/s1. The number of carboxylic acid groups (broad SMARTS) is 1. The van der Waals surface area contributed by atoms with Gasteiger partial charge in [-0.1, -0.05) is 18.2 Å². The third-order valence-electron chi connectivity index (χ3n) is 6.12. The first-order valence-corrected chi connectivity index (χ1v) is 12.2. The van der Waals surface area contributed by atoms with E-state index in [0.29, 0.717) is 27.9 Å². The molecule has 1 fully saturated rings. The molecular weight excluding hydrogens is 504 g/mol. The number of ether oxygens (including phenoxy) is 1. The highest BCUT2D eigenvalue weighted by Crippen LogP contribution is 2.43. The maximum Gasteiger partial charge on any atom is 0.335 e. The maximum absolute atomic E-state index is 11.9. The van der Waals surface area contributed by atoms with E-state index in [2.05, 4.69) is 15.6 Å². The molecule has 38 heavy (non-hydrogen) atoms. The van der Waals surface area contributed by atoms with Gasteiger partial charge in [0.25, 0.3) is 0 Å². The molecule has 0 radical (unpaired) electrons. The molecule has 0 spiro atoms. The molecule has 9 nitrogen and oxygen atoms in total. The van der Waals surface area contributed by atoms with Gasteiger partial charge in [0.2, 0.25) is 5.91 Å². The summed E-state index contributed by atoms with van der Waals surface area (Å²) >= 11 is 5.75. The molecule has 4 aromatic rings. The minimum absolute atomic E-state index is 0.0358. The second-order valence-corrected chi connectivity index (χ2v) is 9.00. The molecule has 2 aromatic carbocycles. The first-order valence-electron chi connectivity index (χ1n) is 11.8. The number of pyridine rings is 1. The summed E-state index contributed by atoms with van der Waals surface area (Å²) in [4.78, 5) is 29.8. The number of hydrogen-bond donors (Lipinski definition) is 3. The fourth-order valence-corrected chi connectivity index (χ4v) is 4.77. The number of methoxy groups -OCH3 is 1. The summed E-state index contributed by atoms with van der Waals surface area (Å²) in [6.45, 7) is -0.0358. The minimum Gasteiger partial charge on any atom is -0.478 e. The van der Waals surface area contributed by atoms with Crippen molar-refractivity contribution in [2.45, 2.75) is 12.1 Å². The predicted octanol–water partition coefficient (Wildman–Crippen LogP) is 4.80. The summed E-state index contributed by atoms with van der Waals surface area (Å²) in [5, 5.41) is 16.0. The minimum atomic E-state index is -1.01. The molecular formula is C28H24N4O5S. The molecule has 0 saturated carbocycles. The third-order valence-corrected chi connectivity index (χ3v) is 6.43. The maximum atomic E-state index is 11.9. The van der Waals surface area contributed by atoms with Gasteiger partial charge in [0.1, 0.15) is 24.2 Å². The van der Waals surface area contributed by atoms with Crippen LogP contribution in [0.3, 0.4) is 0 Å². The van der Waals surface area contributed by atoms with E-state index in [1.807, 2.05) is 47.4 Å². The van der Waals surface area contributed by atoms with E-state index in [-0.39, 0.29) is 30.2 Å². The Morgan fingerprint density at radius 2 is 1.92 bits per heavy atom. The summed E-state index contributed by atoms with van der Waals surface area (Å²) in [7, 11) is 1.46. The summed E-state index contributed by atoms with van der Waals surface area (Å²) in [6.07, 6.45) is 1.72. The molecule has 10 heteroatoms. The van der Waals surface area contributed by atoms with Crippen LogP contribution in [-0.4, -0.2) is 40.8 Å². The van der Waals surface area contributed by atoms with Crippen molar-refractivity contribution in [3.05, 3.63) is 102 Å². The van der Waals surface area contributed by atoms with Crippen LogP contribution in [0.25, 0.3) is 11.3 Å². The molecule has 1 aliphatic rings. The van der Waals surface area contributed by atoms with E-state index in [4.69, 9.17) is 21.4 Å². The van der Waals surface area contributed by atoms with Crippen LogP contribution < -0.4 is 15.5 Å². The Labute approximate surface area is 224 Å². The Hall–Kier alpha value is -4.54. The van der Waals surface area contributed by atoms with E-state index in [0.717, 1.165) is 11.4 Å². The van der Waals surface area contributed by atoms with Crippen molar-refractivity contribution in [1.29, 1.82) is 0 Å². The van der Waals surface area contributed by atoms with Crippen LogP contribution in [0.2, 0.25) is 0 Å². The smallest absolute Gasteiger partial charge is 0.335 e. The number of nitrogens with one attached hydrogen (secondary N) is 2. The van der Waals surface area contributed by atoms with Gasteiger partial charge in [-0.25, -0.2) is 4.79 Å². The average Bonchev–Trinajstić information content (AvgIpc) is 3.54. The topological polar surface area (TPSA) is 117 Å². The van der Waals surface area contributed by atoms with Gasteiger partial charge in [0, 0.05) is 30.2 Å². The number of rotatable bonds is 8. The quantitative estimate of drug-likeness (QED) is 0.277. The molecule has 1 saturated heterocycles. The number of amides is 1. The van der Waals surface area contributed by atoms with Gasteiger partial charge >= 0.3 is 5.97 Å². The van der Waals surface area contributed by atoms with Crippen LogP contribution in [0, 0.1) is 0 Å². The number of aromatic nitrogens is 1. The normalized spacial score (nSPS) is 16.8. The largest absolute Gasteiger partial charge is 0.478 e. The summed E-state index contributed by atoms with van der Waals surface area (Å²) in [5.41, 5.74) is 3.04. The van der Waals surface area contributed by atoms with Gasteiger partial charge in [-0.2, -0.15) is 0 Å². The first kappa shape index (κ1) is 25.1. The highest BCUT2D eigenvalue weighted by molar-refractivity contribution is 7.80. The number of thiocarbonyl (C=S) groups is 1. The summed E-state index contributed by atoms with van der Waals surface area (Å²) in [6, 6.07) is 22.6. The fourth-order valence-electron chi connectivity index (χ4n) is 4.43. The molecule has 5 rings (SSSR count). The van der Waals surface area contributed by atoms with Crippen LogP contribution in [0.5, 0.6) is 0 Å². The number of hydrogen-bond acceptors (Lipinski definition) is 6. The summed E-state index contributed by atoms with van der Waals surface area (Å²) < 4.78 is 11.2. The zero-order valence-electron chi connectivity index (χ0n) is 20.3. The van der Waals surface area contributed by atoms with Crippen LogP contribution in [0.15, 0.2) is 89.5 Å². The zero-order chi connectivity index (χ0) is 26.6. The fraction of sp³-hybridized carbons (Fsp3) is 0.143. The number of anilines is 2. The van der Waals surface area contributed by atoms with Crippen molar-refractivity contribution >= 4 is 40.6 Å². The van der Waals surface area contributed by atoms with E-state index < -0.39 is 5.97 Å². The third kappa shape index (κ3) is 5.13. The van der Waals surface area contributed by atoms with Crippen LogP contribution >= 0.6 is 12.2 Å². The van der Waals surface area contributed by atoms with Crippen molar-refractivity contribution in [3.8, 4) is 11.3 Å². The number of furan rings is 1. The van der Waals surface area contributed by atoms with E-state index in [9.17, 15) is 14.7 Å². The number of benzene rings is 2. The Morgan fingerprint density at radius 1 is 1.11 bits per heavy atom. The van der Waals surface area contributed by atoms with Gasteiger partial charge in [0.15, 0.2) is 5.11 Å². The molecule has 0 bridgehead atoms. The Morgan fingerprint density at radius 3 is 2.63 bits per heavy atom. The van der Waals surface area contributed by atoms with Crippen molar-refractivity contribution in [2.24, 2.45) is 0 Å². The van der Waals surface area contributed by atoms with Crippen molar-refractivity contribution < 1.29 is 23.8 Å². The Bertz CT molecular complexity index is 1470. The number of carbonyl (C=O) groups is 2. The van der Waals surface area contributed by atoms with Crippen LogP contribution in [0.1, 0.15) is 33.9 Å². The lowest BCUT2D eigenvalue weighted by Crippen LogP contribution is -2.29.